The van der Waals surface area contributed by atoms with Gasteiger partial charge in [0.1, 0.15) is 24.2 Å². The van der Waals surface area contributed by atoms with Crippen LogP contribution in [-0.2, 0) is 29.9 Å². The normalized spacial score (nSPS) is 17.8. The third kappa shape index (κ3) is 9.75. The number of hydrogen-bond acceptors (Lipinski definition) is 10. The second kappa shape index (κ2) is 16.7. The van der Waals surface area contributed by atoms with Gasteiger partial charge in [0, 0.05) is 25.4 Å². The fraction of sp³-hybridized carbons (Fsp3) is 0.400. The van der Waals surface area contributed by atoms with Crippen LogP contribution < -0.4 is 15.7 Å². The average molecular weight is 600 g/mol. The number of phenols is 1. The number of fused-ring (bicyclic) bond motifs is 2. The molecule has 5 N–H and O–H groups in total. The molecular weight excluding hydrogens is 559 g/mol. The van der Waals surface area contributed by atoms with Crippen molar-refractivity contribution in [3.05, 3.63) is 78.0 Å². The average Bonchev–Trinajstić information content (AvgIpc) is 3.37. The number of carbonyl (C=O) groups is 1. The lowest BCUT2D eigenvalue weighted by Gasteiger charge is -2.18. The summed E-state index contributed by atoms with van der Waals surface area (Å²) in [5, 5.41) is 25.2. The van der Waals surface area contributed by atoms with Gasteiger partial charge in [-0.15, -0.1) is 4.52 Å². The summed E-state index contributed by atoms with van der Waals surface area (Å²) in [6.45, 7) is 5.95. The zero-order valence-electron chi connectivity index (χ0n) is 24.3. The molecule has 5 rings (SSSR count). The Labute approximate surface area is 247 Å². The molecule has 1 saturated heterocycles. The number of anilines is 3. The van der Waals surface area contributed by atoms with Crippen molar-refractivity contribution in [2.45, 2.75) is 64.5 Å². The first-order chi connectivity index (χ1) is 20.3. The van der Waals surface area contributed by atoms with Crippen LogP contribution in [0.3, 0.4) is 0 Å². The highest BCUT2D eigenvalue weighted by atomic mass is 31.1. The summed E-state index contributed by atoms with van der Waals surface area (Å²) < 4.78 is 29.0. The van der Waals surface area contributed by atoms with Crippen LogP contribution in [0.1, 0.15) is 50.8 Å². The van der Waals surface area contributed by atoms with E-state index in [1.807, 2.05) is 36.4 Å². The van der Waals surface area contributed by atoms with E-state index in [1.165, 1.54) is 0 Å². The number of phenolic OH excluding ortho intramolecular Hbond substituents is 1. The van der Waals surface area contributed by atoms with Gasteiger partial charge in [0.25, 0.3) is 0 Å². The Hall–Kier alpha value is -3.60. The van der Waals surface area contributed by atoms with E-state index in [4.69, 9.17) is 24.2 Å². The molecule has 2 aliphatic heterocycles. The first kappa shape index (κ1) is 32.9. The van der Waals surface area contributed by atoms with Crippen molar-refractivity contribution < 1.29 is 33.6 Å². The summed E-state index contributed by atoms with van der Waals surface area (Å²) in [5.74, 6) is 0.683. The molecule has 4 unspecified atom stereocenters. The molecule has 0 spiro atoms. The van der Waals surface area contributed by atoms with Gasteiger partial charge in [-0.05, 0) is 74.1 Å². The molecule has 1 fully saturated rings. The van der Waals surface area contributed by atoms with Gasteiger partial charge in [-0.25, -0.2) is 4.98 Å². The second-order valence-corrected chi connectivity index (χ2v) is 10.8. The van der Waals surface area contributed by atoms with E-state index in [2.05, 4.69) is 20.7 Å². The minimum absolute atomic E-state index is 0.0917. The number of aromatic nitrogens is 1. The van der Waals surface area contributed by atoms with Crippen molar-refractivity contribution in [3.63, 3.8) is 0 Å². The summed E-state index contributed by atoms with van der Waals surface area (Å²) in [4.78, 5) is 16.4. The fourth-order valence-corrected chi connectivity index (χ4v) is 5.18. The predicted octanol–water partition coefficient (Wildman–Crippen LogP) is 5.58. The van der Waals surface area contributed by atoms with Crippen LogP contribution in [0, 0.1) is 0 Å². The Kier molecular flexibility index (Phi) is 13.1. The highest BCUT2D eigenvalue weighted by Crippen LogP contribution is 2.39. The molecule has 11 nitrogen and oxygen atoms in total. The number of aliphatic hydroxyl groups is 1. The molecule has 2 aliphatic rings. The number of carbonyl (C=O) groups excluding carboxylic acids is 1. The number of pyridine rings is 1. The highest BCUT2D eigenvalue weighted by Gasteiger charge is 2.34. The third-order valence-electron chi connectivity index (χ3n) is 6.32. The molecule has 2 aromatic carbocycles. The largest absolute Gasteiger partial charge is 0.613 e. The molecule has 4 atom stereocenters. The van der Waals surface area contributed by atoms with Gasteiger partial charge in [-0.1, -0.05) is 35.4 Å². The van der Waals surface area contributed by atoms with Gasteiger partial charge < -0.3 is 30.3 Å². The lowest BCUT2D eigenvalue weighted by Crippen LogP contribution is -2.33. The van der Waals surface area contributed by atoms with Crippen LogP contribution >= 0.6 is 8.18 Å². The number of ether oxygens (including phenoxy) is 2. The van der Waals surface area contributed by atoms with Gasteiger partial charge in [0.2, 0.25) is 0 Å². The number of para-hydroxylation sites is 3. The van der Waals surface area contributed by atoms with E-state index in [0.717, 1.165) is 48.3 Å². The predicted molar refractivity (Wildman–Crippen MR) is 162 cm³/mol. The van der Waals surface area contributed by atoms with Crippen LogP contribution in [0.2, 0.25) is 0 Å². The molecular formula is C30H40N4O7P+. The molecule has 1 aromatic heterocycles. The first-order valence-corrected chi connectivity index (χ1v) is 15.0. The summed E-state index contributed by atoms with van der Waals surface area (Å²) in [7, 11) is -1.21. The van der Waals surface area contributed by atoms with Crippen molar-refractivity contribution >= 4 is 31.3 Å². The molecule has 12 heteroatoms. The summed E-state index contributed by atoms with van der Waals surface area (Å²) >= 11 is 0. The van der Waals surface area contributed by atoms with Gasteiger partial charge >= 0.3 is 14.1 Å². The molecule has 42 heavy (non-hydrogen) atoms. The summed E-state index contributed by atoms with van der Waals surface area (Å²) in [6.07, 6.45) is 2.91. The standard InChI is InChI=1S/C23H30N4O5P.C6H6O.CH4O/c1-14(2)31-23(28)15(3)27-33(29)30-13-16-8-9-21(32-16)17-10-11-24-22-18(17)12-25-19-6-4-5-7-20(19)26-22;7-6-4-2-1-3-5-6;1-2/h4-7,10-11,14-16,21,25H,8-9,12-13H2,1-3H3,(H,24,26)(H,27,29);1-5,7H;2H,1H3/q+1;;. The molecule has 0 bridgehead atoms. The van der Waals surface area contributed by atoms with E-state index < -0.39 is 20.2 Å². The van der Waals surface area contributed by atoms with Crippen LogP contribution in [-0.4, -0.2) is 53.1 Å². The van der Waals surface area contributed by atoms with Gasteiger partial charge in [0.05, 0.1) is 29.7 Å². The van der Waals surface area contributed by atoms with Crippen LogP contribution in [0.15, 0.2) is 66.9 Å². The molecule has 3 heterocycles. The molecule has 0 radical (unpaired) electrons. The zero-order valence-corrected chi connectivity index (χ0v) is 25.2. The number of nitrogens with one attached hydrogen (secondary N) is 3. The number of benzene rings is 2. The monoisotopic (exact) mass is 599 g/mol. The van der Waals surface area contributed by atoms with Crippen molar-refractivity contribution in [2.24, 2.45) is 0 Å². The quantitative estimate of drug-likeness (QED) is 0.163. The Morgan fingerprint density at radius 2 is 1.76 bits per heavy atom. The number of hydrogen-bond donors (Lipinski definition) is 5. The lowest BCUT2D eigenvalue weighted by molar-refractivity contribution is -0.149. The van der Waals surface area contributed by atoms with E-state index >= 15 is 0 Å². The number of esters is 1. The second-order valence-electron chi connectivity index (χ2n) is 9.80. The Balaban J connectivity index is 0.000000465. The third-order valence-corrected chi connectivity index (χ3v) is 7.30. The van der Waals surface area contributed by atoms with Crippen LogP contribution in [0.25, 0.3) is 0 Å². The van der Waals surface area contributed by atoms with Gasteiger partial charge in [-0.3, -0.25) is 4.79 Å². The van der Waals surface area contributed by atoms with Crippen LogP contribution in [0.5, 0.6) is 5.75 Å². The maximum atomic E-state index is 12.2. The Bertz CT molecular complexity index is 1300. The maximum absolute atomic E-state index is 12.2. The Morgan fingerprint density at radius 3 is 2.43 bits per heavy atom. The van der Waals surface area contributed by atoms with Crippen molar-refractivity contribution in [1.82, 2.24) is 10.1 Å². The summed E-state index contributed by atoms with van der Waals surface area (Å²) in [5.41, 5.74) is 4.18. The van der Waals surface area contributed by atoms with Crippen molar-refractivity contribution in [2.75, 3.05) is 24.4 Å². The summed E-state index contributed by atoms with van der Waals surface area (Å²) in [6, 6.07) is 18.0. The molecule has 0 saturated carbocycles. The molecule has 0 aliphatic carbocycles. The topological polar surface area (TPSA) is 151 Å². The van der Waals surface area contributed by atoms with E-state index in [1.54, 1.807) is 51.2 Å². The highest BCUT2D eigenvalue weighted by molar-refractivity contribution is 7.36. The minimum atomic E-state index is -2.21. The Morgan fingerprint density at radius 1 is 1.07 bits per heavy atom. The number of aliphatic hydroxyl groups excluding tert-OH is 1. The molecule has 226 valence electrons. The lowest BCUT2D eigenvalue weighted by atomic mass is 10.0. The number of rotatable bonds is 8. The van der Waals surface area contributed by atoms with Crippen LogP contribution in [0.4, 0.5) is 17.2 Å². The van der Waals surface area contributed by atoms with Gasteiger partial charge in [0.15, 0.2) is 0 Å². The van der Waals surface area contributed by atoms with E-state index in [0.29, 0.717) is 12.3 Å². The number of nitrogens with zero attached hydrogens (tertiary/aromatic N) is 1. The first-order valence-electron chi connectivity index (χ1n) is 13.8. The zero-order chi connectivity index (χ0) is 30.5. The number of aromatic hydroxyl groups is 1. The smallest absolute Gasteiger partial charge is 0.508 e. The maximum Gasteiger partial charge on any atom is 0.613 e. The van der Waals surface area contributed by atoms with Crippen molar-refractivity contribution in [3.8, 4) is 5.75 Å². The van der Waals surface area contributed by atoms with E-state index in [9.17, 15) is 9.36 Å². The molecule has 3 aromatic rings. The van der Waals surface area contributed by atoms with Crippen molar-refractivity contribution in [1.29, 1.82) is 0 Å². The van der Waals surface area contributed by atoms with E-state index in [-0.39, 0.29) is 24.9 Å². The van der Waals surface area contributed by atoms with Gasteiger partial charge in [-0.2, -0.15) is 0 Å². The minimum Gasteiger partial charge on any atom is -0.508 e. The fourth-order valence-electron chi connectivity index (χ4n) is 4.38. The molecule has 0 amide bonds. The SMILES string of the molecule is CC(C)OC(=O)C(C)N[P+](=O)OCC1CCC(c2ccnc3c2CNc2ccccc2N3)O1.CO.Oc1ccccc1.